The zero-order valence-electron chi connectivity index (χ0n) is 15.1. The first-order valence-corrected chi connectivity index (χ1v) is 8.56. The van der Waals surface area contributed by atoms with Gasteiger partial charge >= 0.3 is 0 Å². The van der Waals surface area contributed by atoms with Gasteiger partial charge in [-0.1, -0.05) is 12.1 Å². The number of pyridine rings is 1. The molecule has 0 amide bonds. The second kappa shape index (κ2) is 5.85. The first-order chi connectivity index (χ1) is 12.1. The van der Waals surface area contributed by atoms with Crippen molar-refractivity contribution in [1.82, 2.24) is 9.55 Å². The van der Waals surface area contributed by atoms with E-state index in [2.05, 4.69) is 83.4 Å². The molecule has 2 aromatic carbocycles. The molecule has 0 spiro atoms. The predicted molar refractivity (Wildman–Crippen MR) is 102 cm³/mol. The smallest absolute Gasteiger partial charge is 0.218 e. The van der Waals surface area contributed by atoms with Crippen LogP contribution in [0.15, 0.2) is 60.9 Å². The van der Waals surface area contributed by atoms with Crippen molar-refractivity contribution < 1.29 is 4.57 Å². The SMILES string of the molecule is Cc1cc(-c2nccn2C)c(C)c(-[n+]2c(C)ccc3ccccc32)c1. The second-order valence-corrected chi connectivity index (χ2v) is 6.69. The van der Waals surface area contributed by atoms with Gasteiger partial charge in [-0.15, -0.1) is 0 Å². The quantitative estimate of drug-likeness (QED) is 0.499. The molecule has 0 fully saturated rings. The van der Waals surface area contributed by atoms with E-state index in [0.29, 0.717) is 0 Å². The van der Waals surface area contributed by atoms with E-state index < -0.39 is 0 Å². The van der Waals surface area contributed by atoms with Gasteiger partial charge in [-0.3, -0.25) is 0 Å². The summed E-state index contributed by atoms with van der Waals surface area (Å²) in [6.07, 6.45) is 3.85. The van der Waals surface area contributed by atoms with Gasteiger partial charge in [0.1, 0.15) is 5.82 Å². The minimum absolute atomic E-state index is 1.00. The summed E-state index contributed by atoms with van der Waals surface area (Å²) >= 11 is 0. The van der Waals surface area contributed by atoms with Crippen molar-refractivity contribution >= 4 is 10.9 Å². The highest BCUT2D eigenvalue weighted by Crippen LogP contribution is 2.27. The molecule has 4 aromatic rings. The molecule has 124 valence electrons. The van der Waals surface area contributed by atoms with Crippen molar-refractivity contribution in [2.45, 2.75) is 20.8 Å². The summed E-state index contributed by atoms with van der Waals surface area (Å²) in [4.78, 5) is 4.56. The molecule has 3 nitrogen and oxygen atoms in total. The van der Waals surface area contributed by atoms with Gasteiger partial charge in [0, 0.05) is 61.1 Å². The van der Waals surface area contributed by atoms with Gasteiger partial charge in [-0.25, -0.2) is 4.98 Å². The first kappa shape index (κ1) is 15.6. The minimum Gasteiger partial charge on any atom is -0.334 e. The van der Waals surface area contributed by atoms with E-state index >= 15 is 0 Å². The fourth-order valence-electron chi connectivity index (χ4n) is 3.56. The number of hydrogen-bond donors (Lipinski definition) is 0. The fraction of sp³-hybridized carbons (Fsp3) is 0.182. The fourth-order valence-corrected chi connectivity index (χ4v) is 3.56. The lowest BCUT2D eigenvalue weighted by Crippen LogP contribution is -2.36. The van der Waals surface area contributed by atoms with Crippen LogP contribution in [-0.2, 0) is 7.05 Å². The summed E-state index contributed by atoms with van der Waals surface area (Å²) in [7, 11) is 2.04. The largest absolute Gasteiger partial charge is 0.334 e. The van der Waals surface area contributed by atoms with Crippen molar-refractivity contribution in [2.75, 3.05) is 0 Å². The lowest BCUT2D eigenvalue weighted by molar-refractivity contribution is -0.574. The average molecular weight is 328 g/mol. The number of benzene rings is 2. The van der Waals surface area contributed by atoms with Crippen LogP contribution in [-0.4, -0.2) is 9.55 Å². The van der Waals surface area contributed by atoms with Crippen LogP contribution in [0.25, 0.3) is 28.0 Å². The molecule has 2 aromatic heterocycles. The van der Waals surface area contributed by atoms with E-state index in [1.54, 1.807) is 0 Å². The standard InChI is InChI=1S/C22H22N3/c1-15-13-19(22-23-11-12-24(22)4)17(3)21(14-15)25-16(2)9-10-18-7-5-6-8-20(18)25/h5-14H,1-4H3/q+1. The van der Waals surface area contributed by atoms with E-state index in [1.807, 2.05) is 19.4 Å². The van der Waals surface area contributed by atoms with Gasteiger partial charge < -0.3 is 4.57 Å². The minimum atomic E-state index is 1.00. The van der Waals surface area contributed by atoms with Crippen LogP contribution in [0, 0.1) is 20.8 Å². The molecule has 3 heteroatoms. The Morgan fingerprint density at radius 1 is 0.960 bits per heavy atom. The van der Waals surface area contributed by atoms with E-state index in [9.17, 15) is 0 Å². The molecular weight excluding hydrogens is 306 g/mol. The summed E-state index contributed by atoms with van der Waals surface area (Å²) in [6.45, 7) is 6.50. The van der Waals surface area contributed by atoms with E-state index in [0.717, 1.165) is 5.82 Å². The normalized spacial score (nSPS) is 11.2. The molecule has 0 aliphatic rings. The maximum Gasteiger partial charge on any atom is 0.218 e. The maximum absolute atomic E-state index is 4.56. The van der Waals surface area contributed by atoms with Crippen LogP contribution in [0.5, 0.6) is 0 Å². The van der Waals surface area contributed by atoms with Crippen LogP contribution in [0.1, 0.15) is 16.8 Å². The third-order valence-electron chi connectivity index (χ3n) is 4.86. The molecule has 4 rings (SSSR count). The molecule has 0 atom stereocenters. The molecule has 0 aliphatic heterocycles. The average Bonchev–Trinajstić information content (AvgIpc) is 3.03. The summed E-state index contributed by atoms with van der Waals surface area (Å²) in [5.41, 5.74) is 7.32. The number of imidazole rings is 1. The third kappa shape index (κ3) is 2.52. The van der Waals surface area contributed by atoms with Gasteiger partial charge in [0.25, 0.3) is 0 Å². The van der Waals surface area contributed by atoms with Gasteiger partial charge in [0.2, 0.25) is 11.2 Å². The highest BCUT2D eigenvalue weighted by molar-refractivity contribution is 5.76. The van der Waals surface area contributed by atoms with E-state index in [1.165, 1.54) is 39.0 Å². The summed E-state index contributed by atoms with van der Waals surface area (Å²) in [5, 5.41) is 1.24. The molecule has 0 bridgehead atoms. The molecule has 0 N–H and O–H groups in total. The zero-order valence-corrected chi connectivity index (χ0v) is 15.1. The molecule has 0 unspecified atom stereocenters. The second-order valence-electron chi connectivity index (χ2n) is 6.69. The summed E-state index contributed by atoms with van der Waals surface area (Å²) < 4.78 is 4.43. The maximum atomic E-state index is 4.56. The number of aromatic nitrogens is 3. The number of para-hydroxylation sites is 1. The van der Waals surface area contributed by atoms with Crippen LogP contribution in [0.3, 0.4) is 0 Å². The lowest BCUT2D eigenvalue weighted by atomic mass is 10.0. The van der Waals surface area contributed by atoms with Crippen molar-refractivity contribution in [2.24, 2.45) is 7.05 Å². The number of fused-ring (bicyclic) bond motifs is 1. The molecule has 2 heterocycles. The van der Waals surface area contributed by atoms with Crippen molar-refractivity contribution in [3.63, 3.8) is 0 Å². The van der Waals surface area contributed by atoms with Gasteiger partial charge in [0.05, 0.1) is 0 Å². The van der Waals surface area contributed by atoms with Crippen LogP contribution in [0.2, 0.25) is 0 Å². The molecule has 0 saturated carbocycles. The van der Waals surface area contributed by atoms with E-state index in [4.69, 9.17) is 0 Å². The Morgan fingerprint density at radius 2 is 1.76 bits per heavy atom. The Hall–Kier alpha value is -2.94. The predicted octanol–water partition coefficient (Wildman–Crippen LogP) is 4.44. The molecule has 25 heavy (non-hydrogen) atoms. The summed E-state index contributed by atoms with van der Waals surface area (Å²) in [6, 6.07) is 17.4. The van der Waals surface area contributed by atoms with Gasteiger partial charge in [0.15, 0.2) is 5.69 Å². The van der Waals surface area contributed by atoms with Crippen molar-refractivity contribution in [1.29, 1.82) is 0 Å². The highest BCUT2D eigenvalue weighted by atomic mass is 15.0. The topological polar surface area (TPSA) is 21.7 Å². The number of aryl methyl sites for hydroxylation is 3. The van der Waals surface area contributed by atoms with Crippen LogP contribution in [0.4, 0.5) is 0 Å². The molecule has 0 aliphatic carbocycles. The van der Waals surface area contributed by atoms with Crippen LogP contribution < -0.4 is 4.57 Å². The van der Waals surface area contributed by atoms with Crippen molar-refractivity contribution in [3.05, 3.63) is 77.7 Å². The Balaban J connectivity index is 2.07. The van der Waals surface area contributed by atoms with Crippen LogP contribution >= 0.6 is 0 Å². The number of nitrogens with zero attached hydrogens (tertiary/aromatic N) is 3. The Morgan fingerprint density at radius 3 is 2.52 bits per heavy atom. The molecular formula is C22H22N3+. The summed E-state index contributed by atoms with van der Waals surface area (Å²) in [5.74, 6) is 1.00. The highest BCUT2D eigenvalue weighted by Gasteiger charge is 2.22. The third-order valence-corrected chi connectivity index (χ3v) is 4.86. The van der Waals surface area contributed by atoms with Gasteiger partial charge in [-0.05, 0) is 37.6 Å². The van der Waals surface area contributed by atoms with Gasteiger partial charge in [-0.2, -0.15) is 4.57 Å². The Labute approximate surface area is 148 Å². The monoisotopic (exact) mass is 328 g/mol. The number of hydrogen-bond acceptors (Lipinski definition) is 1. The Bertz CT molecular complexity index is 1090. The Kier molecular flexibility index (Phi) is 3.65. The molecule has 0 saturated heterocycles. The van der Waals surface area contributed by atoms with Crippen molar-refractivity contribution in [3.8, 4) is 17.1 Å². The zero-order chi connectivity index (χ0) is 17.6. The number of rotatable bonds is 2. The van der Waals surface area contributed by atoms with E-state index in [-0.39, 0.29) is 0 Å². The lowest BCUT2D eigenvalue weighted by Gasteiger charge is -2.12. The first-order valence-electron chi connectivity index (χ1n) is 8.56. The molecule has 0 radical (unpaired) electrons.